The molecule has 2 aliphatic rings. The molecule has 0 amide bonds. The van der Waals surface area contributed by atoms with E-state index in [4.69, 9.17) is 4.98 Å². The standard InChI is InChI=1S/C27H15NO2S/c29-31(30)25-11-4-3-8-19(25)21-14-16(12-13-26(21)31)24-15-22-18-7-2-1-6-17(18)20-9-5-10-23(28-24)27(20)22/h1-15H. The van der Waals surface area contributed by atoms with Crippen LogP contribution in [0.25, 0.3) is 55.5 Å². The van der Waals surface area contributed by atoms with Crippen molar-refractivity contribution < 1.29 is 8.42 Å². The van der Waals surface area contributed by atoms with Crippen molar-refractivity contribution in [3.8, 4) is 44.6 Å². The van der Waals surface area contributed by atoms with Crippen molar-refractivity contribution in [1.29, 1.82) is 0 Å². The number of sulfone groups is 1. The first-order valence-electron chi connectivity index (χ1n) is 10.2. The van der Waals surface area contributed by atoms with Gasteiger partial charge in [-0.25, -0.2) is 13.4 Å². The number of hydrogen-bond acceptors (Lipinski definition) is 3. The number of fused-ring (bicyclic) bond motifs is 6. The molecule has 31 heavy (non-hydrogen) atoms. The molecule has 0 saturated heterocycles. The molecule has 0 fully saturated rings. The van der Waals surface area contributed by atoms with Crippen LogP contribution in [-0.4, -0.2) is 13.4 Å². The lowest BCUT2D eigenvalue weighted by Crippen LogP contribution is -1.96. The SMILES string of the molecule is O=S1(=O)c2ccccc2-c2cc(-c3cc4c5c(cccc5n3)-c3ccccc3-4)ccc21. The summed E-state index contributed by atoms with van der Waals surface area (Å²) in [5.41, 5.74) is 9.07. The van der Waals surface area contributed by atoms with E-state index < -0.39 is 9.84 Å². The van der Waals surface area contributed by atoms with E-state index in [0.717, 1.165) is 27.9 Å². The van der Waals surface area contributed by atoms with Gasteiger partial charge in [-0.1, -0.05) is 60.7 Å². The number of pyridine rings is 1. The van der Waals surface area contributed by atoms with Gasteiger partial charge in [0.25, 0.3) is 0 Å². The molecule has 0 bridgehead atoms. The molecule has 0 radical (unpaired) electrons. The zero-order valence-electron chi connectivity index (χ0n) is 16.3. The maximum atomic E-state index is 12.9. The molecule has 0 atom stereocenters. The molecule has 3 nitrogen and oxygen atoms in total. The molecule has 0 spiro atoms. The summed E-state index contributed by atoms with van der Waals surface area (Å²) in [7, 11) is -3.46. The molecular weight excluding hydrogens is 402 g/mol. The van der Waals surface area contributed by atoms with Crippen LogP contribution in [0.15, 0.2) is 101 Å². The average molecular weight is 417 g/mol. The van der Waals surface area contributed by atoms with Gasteiger partial charge in [-0.15, -0.1) is 0 Å². The van der Waals surface area contributed by atoms with Crippen LogP contribution in [0.5, 0.6) is 0 Å². The van der Waals surface area contributed by atoms with Crippen molar-refractivity contribution in [3.05, 3.63) is 91.0 Å². The summed E-state index contributed by atoms with van der Waals surface area (Å²) in [6.07, 6.45) is 0. The fourth-order valence-corrected chi connectivity index (χ4v) is 6.67. The highest BCUT2D eigenvalue weighted by Gasteiger charge is 2.33. The van der Waals surface area contributed by atoms with Gasteiger partial charge in [-0.2, -0.15) is 0 Å². The van der Waals surface area contributed by atoms with E-state index in [9.17, 15) is 8.42 Å². The lowest BCUT2D eigenvalue weighted by Gasteiger charge is -2.09. The minimum absolute atomic E-state index is 0.371. The first-order valence-corrected chi connectivity index (χ1v) is 11.6. The van der Waals surface area contributed by atoms with Gasteiger partial charge in [0.05, 0.1) is 21.0 Å². The van der Waals surface area contributed by atoms with Crippen molar-refractivity contribution in [3.63, 3.8) is 0 Å². The zero-order valence-corrected chi connectivity index (χ0v) is 17.1. The van der Waals surface area contributed by atoms with Crippen LogP contribution in [-0.2, 0) is 9.84 Å². The first-order chi connectivity index (χ1) is 15.1. The maximum Gasteiger partial charge on any atom is 0.207 e. The van der Waals surface area contributed by atoms with Crippen LogP contribution in [0, 0.1) is 0 Å². The fraction of sp³-hybridized carbons (Fsp3) is 0. The van der Waals surface area contributed by atoms with Gasteiger partial charge in [-0.3, -0.25) is 0 Å². The van der Waals surface area contributed by atoms with Gasteiger partial charge in [0, 0.05) is 22.1 Å². The van der Waals surface area contributed by atoms with E-state index in [1.54, 1.807) is 18.2 Å². The van der Waals surface area contributed by atoms with Crippen molar-refractivity contribution in [2.24, 2.45) is 0 Å². The smallest absolute Gasteiger partial charge is 0.207 e. The van der Waals surface area contributed by atoms with E-state index in [-0.39, 0.29) is 0 Å². The first kappa shape index (κ1) is 17.0. The Hall–Kier alpha value is -3.76. The van der Waals surface area contributed by atoms with Crippen molar-refractivity contribution in [2.75, 3.05) is 0 Å². The summed E-state index contributed by atoms with van der Waals surface area (Å²) in [4.78, 5) is 5.71. The molecule has 1 aliphatic carbocycles. The second kappa shape index (κ2) is 5.68. The summed E-state index contributed by atoms with van der Waals surface area (Å²) in [5.74, 6) is 0. The number of rotatable bonds is 1. The summed E-state index contributed by atoms with van der Waals surface area (Å²) in [6, 6.07) is 29.6. The van der Waals surface area contributed by atoms with Crippen LogP contribution in [0.1, 0.15) is 0 Å². The van der Waals surface area contributed by atoms with E-state index in [0.29, 0.717) is 9.79 Å². The minimum atomic E-state index is -3.46. The van der Waals surface area contributed by atoms with Crippen LogP contribution >= 0.6 is 0 Å². The average Bonchev–Trinajstić information content (AvgIpc) is 3.25. The Bertz CT molecular complexity index is 1700. The molecule has 0 N–H and O–H groups in total. The van der Waals surface area contributed by atoms with Crippen LogP contribution in [0.3, 0.4) is 0 Å². The summed E-state index contributed by atoms with van der Waals surface area (Å²) >= 11 is 0. The Kier molecular flexibility index (Phi) is 3.11. The molecule has 7 rings (SSSR count). The van der Waals surface area contributed by atoms with E-state index >= 15 is 0 Å². The van der Waals surface area contributed by atoms with Crippen molar-refractivity contribution >= 4 is 20.7 Å². The number of hydrogen-bond donors (Lipinski definition) is 0. The molecule has 1 aromatic heterocycles. The fourth-order valence-electron chi connectivity index (χ4n) is 5.00. The third kappa shape index (κ3) is 2.12. The molecule has 146 valence electrons. The number of benzene rings is 4. The molecule has 4 aromatic carbocycles. The van der Waals surface area contributed by atoms with Crippen LogP contribution in [0.4, 0.5) is 0 Å². The molecule has 2 heterocycles. The Balaban J connectivity index is 1.50. The van der Waals surface area contributed by atoms with E-state index in [1.165, 1.54) is 27.6 Å². The van der Waals surface area contributed by atoms with Crippen LogP contribution < -0.4 is 0 Å². The summed E-state index contributed by atoms with van der Waals surface area (Å²) in [5, 5.41) is 1.18. The number of aromatic nitrogens is 1. The van der Waals surface area contributed by atoms with Gasteiger partial charge >= 0.3 is 0 Å². The third-order valence-corrected chi connectivity index (χ3v) is 8.24. The molecule has 0 saturated carbocycles. The van der Waals surface area contributed by atoms with E-state index in [2.05, 4.69) is 36.4 Å². The van der Waals surface area contributed by atoms with Crippen LogP contribution in [0.2, 0.25) is 0 Å². The Morgan fingerprint density at radius 3 is 2.06 bits per heavy atom. The number of nitrogens with zero attached hydrogens (tertiary/aromatic N) is 1. The Labute approximate surface area is 179 Å². The predicted octanol–water partition coefficient (Wildman–Crippen LogP) is 6.36. The Morgan fingerprint density at radius 1 is 0.548 bits per heavy atom. The quantitative estimate of drug-likeness (QED) is 0.312. The maximum absolute atomic E-state index is 12.9. The second-order valence-corrected chi connectivity index (χ2v) is 9.90. The molecule has 5 aromatic rings. The molecule has 0 unspecified atom stereocenters. The van der Waals surface area contributed by atoms with Crippen molar-refractivity contribution in [1.82, 2.24) is 4.98 Å². The highest BCUT2D eigenvalue weighted by Crippen LogP contribution is 2.48. The van der Waals surface area contributed by atoms with E-state index in [1.807, 2.05) is 36.4 Å². The highest BCUT2D eigenvalue weighted by atomic mass is 32.2. The van der Waals surface area contributed by atoms with Gasteiger partial charge in [0.1, 0.15) is 0 Å². The molecular formula is C27H15NO2S. The normalized spacial score (nSPS) is 14.3. The summed E-state index contributed by atoms with van der Waals surface area (Å²) in [6.45, 7) is 0. The van der Waals surface area contributed by atoms with Gasteiger partial charge in [-0.05, 0) is 52.6 Å². The third-order valence-electron chi connectivity index (χ3n) is 6.37. The lowest BCUT2D eigenvalue weighted by atomic mass is 9.99. The topological polar surface area (TPSA) is 47.0 Å². The van der Waals surface area contributed by atoms with Crippen molar-refractivity contribution in [2.45, 2.75) is 9.79 Å². The minimum Gasteiger partial charge on any atom is -0.248 e. The molecule has 1 aliphatic heterocycles. The second-order valence-electron chi connectivity index (χ2n) is 8.01. The van der Waals surface area contributed by atoms with Gasteiger partial charge in [0.2, 0.25) is 9.84 Å². The Morgan fingerprint density at radius 2 is 1.23 bits per heavy atom. The molecule has 4 heteroatoms. The monoisotopic (exact) mass is 417 g/mol. The zero-order chi connectivity index (χ0) is 20.7. The lowest BCUT2D eigenvalue weighted by molar-refractivity contribution is 0.598. The summed E-state index contributed by atoms with van der Waals surface area (Å²) < 4.78 is 25.9. The predicted molar refractivity (Wildman–Crippen MR) is 122 cm³/mol. The highest BCUT2D eigenvalue weighted by molar-refractivity contribution is 7.92. The largest absolute Gasteiger partial charge is 0.248 e. The van der Waals surface area contributed by atoms with Gasteiger partial charge in [0.15, 0.2) is 0 Å². The van der Waals surface area contributed by atoms with Gasteiger partial charge < -0.3 is 0 Å².